The van der Waals surface area contributed by atoms with Gasteiger partial charge < -0.3 is 19.3 Å². The second-order valence-corrected chi connectivity index (χ2v) is 9.77. The van der Waals surface area contributed by atoms with Crippen LogP contribution in [-0.4, -0.2) is 91.8 Å². The average molecular weight is 488 g/mol. The van der Waals surface area contributed by atoms with E-state index in [4.69, 9.17) is 9.47 Å². The van der Waals surface area contributed by atoms with Gasteiger partial charge in [-0.25, -0.2) is 9.78 Å². The number of rotatable bonds is 9. The maximum Gasteiger partial charge on any atom is 0.323 e. The van der Waals surface area contributed by atoms with Crippen molar-refractivity contribution in [2.75, 3.05) is 71.4 Å². The van der Waals surface area contributed by atoms with E-state index in [-0.39, 0.29) is 6.03 Å². The van der Waals surface area contributed by atoms with Gasteiger partial charge in [0.1, 0.15) is 11.5 Å². The molecule has 34 heavy (non-hydrogen) atoms. The van der Waals surface area contributed by atoms with Crippen LogP contribution in [0, 0.1) is 0 Å². The molecule has 2 aliphatic heterocycles. The summed E-state index contributed by atoms with van der Waals surface area (Å²) in [6.07, 6.45) is 4.98. The highest BCUT2D eigenvalue weighted by Gasteiger charge is 2.23. The summed E-state index contributed by atoms with van der Waals surface area (Å²) in [4.78, 5) is 24.4. The third kappa shape index (κ3) is 6.61. The van der Waals surface area contributed by atoms with Gasteiger partial charge in [-0.1, -0.05) is 13.3 Å². The molecular formula is C25H37N5O3S. The van der Waals surface area contributed by atoms with E-state index in [1.807, 2.05) is 28.5 Å². The van der Waals surface area contributed by atoms with E-state index in [0.29, 0.717) is 11.7 Å². The molecule has 0 radical (unpaired) electrons. The monoisotopic (exact) mass is 487 g/mol. The van der Waals surface area contributed by atoms with Crippen LogP contribution in [0.4, 0.5) is 9.93 Å². The fourth-order valence-electron chi connectivity index (χ4n) is 4.46. The number of nitrogens with one attached hydrogen (secondary N) is 1. The van der Waals surface area contributed by atoms with Gasteiger partial charge in [0.2, 0.25) is 0 Å². The minimum Gasteiger partial charge on any atom is -0.496 e. The van der Waals surface area contributed by atoms with Crippen LogP contribution in [0.25, 0.3) is 11.3 Å². The van der Waals surface area contributed by atoms with Crippen molar-refractivity contribution in [1.82, 2.24) is 19.7 Å². The first-order chi connectivity index (χ1) is 16.7. The zero-order valence-corrected chi connectivity index (χ0v) is 21.2. The van der Waals surface area contributed by atoms with E-state index in [0.717, 1.165) is 68.4 Å². The lowest BCUT2D eigenvalue weighted by Gasteiger charge is -2.36. The lowest BCUT2D eigenvalue weighted by molar-refractivity contribution is 0.128. The van der Waals surface area contributed by atoms with Crippen molar-refractivity contribution in [1.29, 1.82) is 0 Å². The van der Waals surface area contributed by atoms with Crippen molar-refractivity contribution in [3.05, 3.63) is 23.6 Å². The van der Waals surface area contributed by atoms with Crippen LogP contribution in [0.2, 0.25) is 0 Å². The second-order valence-electron chi connectivity index (χ2n) is 8.91. The molecule has 1 aromatic carbocycles. The van der Waals surface area contributed by atoms with Gasteiger partial charge in [-0.2, -0.15) is 0 Å². The molecule has 0 saturated carbocycles. The highest BCUT2D eigenvalue weighted by molar-refractivity contribution is 7.14. The minimum atomic E-state index is -0.0800. The molecule has 2 amide bonds. The molecule has 1 N–H and O–H groups in total. The number of piperazine rings is 1. The largest absolute Gasteiger partial charge is 0.496 e. The average Bonchev–Trinajstić information content (AvgIpc) is 3.35. The number of anilines is 1. The molecule has 186 valence electrons. The molecule has 1 aromatic heterocycles. The first-order valence-electron chi connectivity index (χ1n) is 12.4. The number of carbonyl (C=O) groups is 1. The molecule has 0 atom stereocenters. The van der Waals surface area contributed by atoms with Crippen molar-refractivity contribution in [3.8, 4) is 22.8 Å². The summed E-state index contributed by atoms with van der Waals surface area (Å²) in [5, 5.41) is 5.51. The summed E-state index contributed by atoms with van der Waals surface area (Å²) in [6.45, 7) is 10.8. The second kappa shape index (κ2) is 12.4. The predicted molar refractivity (Wildman–Crippen MR) is 137 cm³/mol. The van der Waals surface area contributed by atoms with Gasteiger partial charge in [-0.05, 0) is 50.6 Å². The Bertz CT molecular complexity index is 923. The number of carbonyl (C=O) groups excluding carboxylic acids is 1. The maximum absolute atomic E-state index is 12.8. The quantitative estimate of drug-likeness (QED) is 0.571. The molecule has 8 nitrogen and oxygen atoms in total. The molecule has 9 heteroatoms. The maximum atomic E-state index is 12.8. The number of nitrogens with zero attached hydrogens (tertiary/aromatic N) is 4. The van der Waals surface area contributed by atoms with Crippen LogP contribution < -0.4 is 14.8 Å². The lowest BCUT2D eigenvalue weighted by atomic mass is 10.1. The van der Waals surface area contributed by atoms with E-state index in [2.05, 4.69) is 27.0 Å². The minimum absolute atomic E-state index is 0.0800. The molecule has 3 heterocycles. The summed E-state index contributed by atoms with van der Waals surface area (Å²) in [5.41, 5.74) is 1.62. The SMILES string of the molecule is CCCOc1ccc(OC)c(-c2csc(NC(=O)N3CCN(CCN4CCCCC4)CC3)n2)c1. The Kier molecular flexibility index (Phi) is 9.01. The first kappa shape index (κ1) is 24.8. The molecular weight excluding hydrogens is 450 g/mol. The number of amides is 2. The Morgan fingerprint density at radius 2 is 1.79 bits per heavy atom. The summed E-state index contributed by atoms with van der Waals surface area (Å²) in [7, 11) is 1.65. The number of likely N-dealkylation sites (tertiary alicyclic amines) is 1. The van der Waals surface area contributed by atoms with Crippen molar-refractivity contribution < 1.29 is 14.3 Å². The highest BCUT2D eigenvalue weighted by Crippen LogP contribution is 2.35. The molecule has 2 fully saturated rings. The normalized spacial score (nSPS) is 17.5. The molecule has 2 saturated heterocycles. The number of aromatic nitrogens is 1. The molecule has 0 aliphatic carbocycles. The Hall–Kier alpha value is -2.36. The van der Waals surface area contributed by atoms with Gasteiger partial charge >= 0.3 is 6.03 Å². The Morgan fingerprint density at radius 1 is 1.06 bits per heavy atom. The van der Waals surface area contributed by atoms with Crippen molar-refractivity contribution in [3.63, 3.8) is 0 Å². The Labute approximate surface area is 206 Å². The van der Waals surface area contributed by atoms with Gasteiger partial charge in [-0.15, -0.1) is 11.3 Å². The number of thiazole rings is 1. The lowest BCUT2D eigenvalue weighted by Crippen LogP contribution is -2.51. The number of ether oxygens (including phenoxy) is 2. The van der Waals surface area contributed by atoms with Crippen LogP contribution in [0.3, 0.4) is 0 Å². The number of methoxy groups -OCH3 is 1. The number of hydrogen-bond acceptors (Lipinski definition) is 7. The van der Waals surface area contributed by atoms with Crippen LogP contribution in [-0.2, 0) is 0 Å². The third-order valence-corrected chi connectivity index (χ3v) is 7.24. The summed E-state index contributed by atoms with van der Waals surface area (Å²) in [6, 6.07) is 5.66. The number of urea groups is 1. The third-order valence-electron chi connectivity index (χ3n) is 6.48. The van der Waals surface area contributed by atoms with E-state index in [1.54, 1.807) is 7.11 Å². The van der Waals surface area contributed by atoms with Crippen molar-refractivity contribution >= 4 is 22.5 Å². The molecule has 0 unspecified atom stereocenters. The van der Waals surface area contributed by atoms with Crippen LogP contribution in [0.1, 0.15) is 32.6 Å². The molecule has 4 rings (SSSR count). The standard InChI is InChI=1S/C25H37N5O3S/c1-3-17-33-20-7-8-23(32-2)21(18-20)22-19-34-24(26-22)27-25(31)30-15-13-29(14-16-30)12-11-28-9-5-4-6-10-28/h7-8,18-19H,3-6,9-17H2,1-2H3,(H,26,27,31). The summed E-state index contributed by atoms with van der Waals surface area (Å²) >= 11 is 1.42. The van der Waals surface area contributed by atoms with Crippen LogP contribution in [0.5, 0.6) is 11.5 Å². The zero-order valence-electron chi connectivity index (χ0n) is 20.4. The van der Waals surface area contributed by atoms with E-state index in [9.17, 15) is 4.79 Å². The van der Waals surface area contributed by atoms with Gasteiger partial charge in [0.05, 0.1) is 19.4 Å². The first-order valence-corrected chi connectivity index (χ1v) is 13.3. The van der Waals surface area contributed by atoms with Crippen LogP contribution >= 0.6 is 11.3 Å². The Balaban J connectivity index is 1.28. The van der Waals surface area contributed by atoms with Gasteiger partial charge in [0, 0.05) is 50.2 Å². The smallest absolute Gasteiger partial charge is 0.323 e. The van der Waals surface area contributed by atoms with Crippen LogP contribution in [0.15, 0.2) is 23.6 Å². The predicted octanol–water partition coefficient (Wildman–Crippen LogP) is 4.24. The van der Waals surface area contributed by atoms with E-state index < -0.39 is 0 Å². The topological polar surface area (TPSA) is 70.2 Å². The summed E-state index contributed by atoms with van der Waals surface area (Å²) < 4.78 is 11.3. The van der Waals surface area contributed by atoms with Gasteiger partial charge in [0.15, 0.2) is 5.13 Å². The van der Waals surface area contributed by atoms with E-state index in [1.165, 1.54) is 43.7 Å². The highest BCUT2D eigenvalue weighted by atomic mass is 32.1. The molecule has 0 bridgehead atoms. The van der Waals surface area contributed by atoms with E-state index >= 15 is 0 Å². The summed E-state index contributed by atoms with van der Waals surface area (Å²) in [5.74, 6) is 1.52. The molecule has 2 aliphatic rings. The number of hydrogen-bond donors (Lipinski definition) is 1. The Morgan fingerprint density at radius 3 is 2.50 bits per heavy atom. The molecule has 0 spiro atoms. The van der Waals surface area contributed by atoms with Crippen molar-refractivity contribution in [2.45, 2.75) is 32.6 Å². The zero-order chi connectivity index (χ0) is 23.8. The van der Waals surface area contributed by atoms with Gasteiger partial charge in [0.25, 0.3) is 0 Å². The number of benzene rings is 1. The molecule has 2 aromatic rings. The fourth-order valence-corrected chi connectivity index (χ4v) is 5.16. The fraction of sp³-hybridized carbons (Fsp3) is 0.600. The van der Waals surface area contributed by atoms with Crippen molar-refractivity contribution in [2.24, 2.45) is 0 Å². The number of piperidine rings is 1. The van der Waals surface area contributed by atoms with Gasteiger partial charge in [-0.3, -0.25) is 10.2 Å².